The van der Waals surface area contributed by atoms with E-state index in [0.717, 1.165) is 36.5 Å². The zero-order valence-electron chi connectivity index (χ0n) is 11.8. The number of nitrogens with zero attached hydrogens (tertiary/aromatic N) is 1. The molecule has 0 bridgehead atoms. The summed E-state index contributed by atoms with van der Waals surface area (Å²) in [5.74, 6) is 2.30. The first kappa shape index (κ1) is 13.4. The summed E-state index contributed by atoms with van der Waals surface area (Å²) in [7, 11) is 0. The second-order valence-electron chi connectivity index (χ2n) is 6.04. The molecule has 2 aliphatic heterocycles. The Bertz CT molecular complexity index is 643. The van der Waals surface area contributed by atoms with Crippen LogP contribution in [0, 0.1) is 5.92 Å². The van der Waals surface area contributed by atoms with Gasteiger partial charge >= 0.3 is 0 Å². The van der Waals surface area contributed by atoms with E-state index in [2.05, 4.69) is 69.4 Å². The average Bonchev–Trinajstić information content (AvgIpc) is 2.91. The van der Waals surface area contributed by atoms with Gasteiger partial charge in [-0.05, 0) is 23.8 Å². The van der Waals surface area contributed by atoms with Crippen LogP contribution in [-0.4, -0.2) is 24.6 Å². The minimum absolute atomic E-state index is 0.606. The van der Waals surface area contributed by atoms with Gasteiger partial charge in [-0.25, -0.2) is 0 Å². The standard InChI is InChI=1S/C18H18BrNO/c19-15-6-7-18-16(8-15)17-11-20(10-14(17)12-21-18)9-13-4-2-1-3-5-13/h1-8,14,17H,9-12H2/t14-,17-/m1/s1. The third-order valence-electron chi connectivity index (χ3n) is 4.59. The Morgan fingerprint density at radius 2 is 1.95 bits per heavy atom. The molecule has 0 aromatic heterocycles. The van der Waals surface area contributed by atoms with Crippen LogP contribution in [0.5, 0.6) is 5.75 Å². The fourth-order valence-corrected chi connectivity index (χ4v) is 3.97. The van der Waals surface area contributed by atoms with Gasteiger partial charge in [0.1, 0.15) is 5.75 Å². The molecule has 2 nitrogen and oxygen atoms in total. The van der Waals surface area contributed by atoms with Gasteiger partial charge in [-0.1, -0.05) is 46.3 Å². The second-order valence-corrected chi connectivity index (χ2v) is 6.96. The van der Waals surface area contributed by atoms with Crippen molar-refractivity contribution in [2.45, 2.75) is 12.5 Å². The SMILES string of the molecule is Brc1ccc2c(c1)[C@@H]1CN(Cc3ccccc3)C[C@@H]1CO2. The molecule has 108 valence electrons. The first-order valence-electron chi connectivity index (χ1n) is 7.48. The number of hydrogen-bond donors (Lipinski definition) is 0. The lowest BCUT2D eigenvalue weighted by Crippen LogP contribution is -2.25. The van der Waals surface area contributed by atoms with E-state index in [1.54, 1.807) is 0 Å². The lowest BCUT2D eigenvalue weighted by atomic mass is 9.87. The molecule has 0 unspecified atom stereocenters. The Hall–Kier alpha value is -1.32. The topological polar surface area (TPSA) is 12.5 Å². The van der Waals surface area contributed by atoms with E-state index in [9.17, 15) is 0 Å². The zero-order chi connectivity index (χ0) is 14.2. The summed E-state index contributed by atoms with van der Waals surface area (Å²) in [5, 5.41) is 0. The minimum atomic E-state index is 0.606. The predicted molar refractivity (Wildman–Crippen MR) is 87.6 cm³/mol. The smallest absolute Gasteiger partial charge is 0.122 e. The van der Waals surface area contributed by atoms with Gasteiger partial charge in [-0.3, -0.25) is 4.90 Å². The normalized spacial score (nSPS) is 24.2. The molecule has 2 aliphatic rings. The molecule has 21 heavy (non-hydrogen) atoms. The van der Waals surface area contributed by atoms with Gasteiger partial charge in [0, 0.05) is 41.5 Å². The molecule has 0 aliphatic carbocycles. The molecular formula is C18H18BrNO. The predicted octanol–water partition coefficient (Wildman–Crippen LogP) is 4.06. The largest absolute Gasteiger partial charge is 0.493 e. The number of hydrogen-bond acceptors (Lipinski definition) is 2. The van der Waals surface area contributed by atoms with Crippen LogP contribution < -0.4 is 4.74 Å². The number of benzene rings is 2. The van der Waals surface area contributed by atoms with Gasteiger partial charge in [0.15, 0.2) is 0 Å². The van der Waals surface area contributed by atoms with E-state index in [0.29, 0.717) is 11.8 Å². The lowest BCUT2D eigenvalue weighted by molar-refractivity contribution is 0.212. The van der Waals surface area contributed by atoms with E-state index in [4.69, 9.17) is 4.74 Å². The Balaban J connectivity index is 1.55. The van der Waals surface area contributed by atoms with Crippen LogP contribution in [0.15, 0.2) is 53.0 Å². The van der Waals surface area contributed by atoms with Crippen LogP contribution in [0.3, 0.4) is 0 Å². The van der Waals surface area contributed by atoms with Crippen molar-refractivity contribution in [3.8, 4) is 5.75 Å². The van der Waals surface area contributed by atoms with Crippen LogP contribution in [0.4, 0.5) is 0 Å². The first-order valence-corrected chi connectivity index (χ1v) is 8.27. The molecule has 3 heteroatoms. The van der Waals surface area contributed by atoms with Crippen molar-refractivity contribution in [2.24, 2.45) is 5.92 Å². The van der Waals surface area contributed by atoms with E-state index < -0.39 is 0 Å². The molecule has 0 spiro atoms. The molecule has 2 heterocycles. The van der Waals surface area contributed by atoms with Crippen molar-refractivity contribution in [2.75, 3.05) is 19.7 Å². The maximum atomic E-state index is 5.94. The molecule has 0 radical (unpaired) electrons. The number of likely N-dealkylation sites (tertiary alicyclic amines) is 1. The van der Waals surface area contributed by atoms with E-state index in [1.807, 2.05) is 0 Å². The molecule has 2 atom stereocenters. The van der Waals surface area contributed by atoms with Gasteiger partial charge in [0.05, 0.1) is 6.61 Å². The Labute approximate surface area is 133 Å². The first-order chi connectivity index (χ1) is 10.3. The van der Waals surface area contributed by atoms with Crippen molar-refractivity contribution in [1.29, 1.82) is 0 Å². The highest BCUT2D eigenvalue weighted by atomic mass is 79.9. The molecule has 1 fully saturated rings. The fourth-order valence-electron chi connectivity index (χ4n) is 3.59. The summed E-state index contributed by atoms with van der Waals surface area (Å²) >= 11 is 3.59. The average molecular weight is 344 g/mol. The highest BCUT2D eigenvalue weighted by molar-refractivity contribution is 9.10. The third-order valence-corrected chi connectivity index (χ3v) is 5.08. The quantitative estimate of drug-likeness (QED) is 0.815. The summed E-state index contributed by atoms with van der Waals surface area (Å²) in [6.45, 7) is 4.15. The summed E-state index contributed by atoms with van der Waals surface area (Å²) in [4.78, 5) is 2.56. The van der Waals surface area contributed by atoms with Crippen LogP contribution in [-0.2, 0) is 6.54 Å². The number of ether oxygens (including phenoxy) is 1. The summed E-state index contributed by atoms with van der Waals surface area (Å²) < 4.78 is 7.09. The molecule has 0 saturated carbocycles. The fraction of sp³-hybridized carbons (Fsp3) is 0.333. The van der Waals surface area contributed by atoms with E-state index >= 15 is 0 Å². The van der Waals surface area contributed by atoms with Gasteiger partial charge < -0.3 is 4.74 Å². The van der Waals surface area contributed by atoms with Crippen LogP contribution in [0.25, 0.3) is 0 Å². The van der Waals surface area contributed by atoms with Crippen molar-refractivity contribution in [3.63, 3.8) is 0 Å². The summed E-state index contributed by atoms with van der Waals surface area (Å²) in [6.07, 6.45) is 0. The molecule has 0 amide bonds. The lowest BCUT2D eigenvalue weighted by Gasteiger charge is -2.27. The molecular weight excluding hydrogens is 326 g/mol. The maximum absolute atomic E-state index is 5.94. The maximum Gasteiger partial charge on any atom is 0.122 e. The van der Waals surface area contributed by atoms with Crippen LogP contribution >= 0.6 is 15.9 Å². The molecule has 2 aromatic carbocycles. The van der Waals surface area contributed by atoms with Crippen LogP contribution in [0.2, 0.25) is 0 Å². The monoisotopic (exact) mass is 343 g/mol. The van der Waals surface area contributed by atoms with Crippen molar-refractivity contribution in [1.82, 2.24) is 4.90 Å². The zero-order valence-corrected chi connectivity index (χ0v) is 13.4. The van der Waals surface area contributed by atoms with Gasteiger partial charge in [0.2, 0.25) is 0 Å². The second kappa shape index (κ2) is 5.47. The van der Waals surface area contributed by atoms with Crippen molar-refractivity contribution in [3.05, 3.63) is 64.1 Å². The molecule has 4 rings (SSSR count). The highest BCUT2D eigenvalue weighted by Gasteiger charge is 2.38. The third kappa shape index (κ3) is 2.60. The van der Waals surface area contributed by atoms with E-state index in [1.165, 1.54) is 11.1 Å². The molecule has 2 aromatic rings. The Morgan fingerprint density at radius 1 is 1.10 bits per heavy atom. The van der Waals surface area contributed by atoms with Gasteiger partial charge in [-0.15, -0.1) is 0 Å². The van der Waals surface area contributed by atoms with Gasteiger partial charge in [-0.2, -0.15) is 0 Å². The number of rotatable bonds is 2. The highest BCUT2D eigenvalue weighted by Crippen LogP contribution is 2.42. The van der Waals surface area contributed by atoms with Crippen molar-refractivity contribution >= 4 is 15.9 Å². The van der Waals surface area contributed by atoms with E-state index in [-0.39, 0.29) is 0 Å². The van der Waals surface area contributed by atoms with Gasteiger partial charge in [0.25, 0.3) is 0 Å². The Morgan fingerprint density at radius 3 is 2.81 bits per heavy atom. The van der Waals surface area contributed by atoms with Crippen LogP contribution in [0.1, 0.15) is 17.0 Å². The minimum Gasteiger partial charge on any atom is -0.493 e. The molecule has 1 saturated heterocycles. The number of fused-ring (bicyclic) bond motifs is 3. The number of halogens is 1. The summed E-state index contributed by atoms with van der Waals surface area (Å²) in [5.41, 5.74) is 2.77. The Kier molecular flexibility index (Phi) is 3.48. The summed E-state index contributed by atoms with van der Waals surface area (Å²) in [6, 6.07) is 17.1. The molecule has 0 N–H and O–H groups in total. The van der Waals surface area contributed by atoms with Crippen molar-refractivity contribution < 1.29 is 4.74 Å².